The van der Waals surface area contributed by atoms with E-state index < -0.39 is 6.23 Å². The SMILES string of the molecule is Cn1nc(CC2CC(=O)NC2O)c2ccccc21. The minimum atomic E-state index is -0.752. The van der Waals surface area contributed by atoms with Crippen LogP contribution in [0.4, 0.5) is 0 Å². The molecule has 0 spiro atoms. The van der Waals surface area contributed by atoms with Crippen LogP contribution in [0.2, 0.25) is 0 Å². The molecule has 5 heteroatoms. The van der Waals surface area contributed by atoms with E-state index in [1.807, 2.05) is 36.0 Å². The van der Waals surface area contributed by atoms with Crippen LogP contribution in [-0.2, 0) is 18.3 Å². The maximum atomic E-state index is 11.2. The van der Waals surface area contributed by atoms with Crippen molar-refractivity contribution in [2.75, 3.05) is 0 Å². The summed E-state index contributed by atoms with van der Waals surface area (Å²) in [7, 11) is 1.90. The molecule has 1 aliphatic rings. The molecule has 2 unspecified atom stereocenters. The summed E-state index contributed by atoms with van der Waals surface area (Å²) < 4.78 is 1.83. The molecular formula is C13H15N3O2. The first-order valence-electron chi connectivity index (χ1n) is 6.03. The quantitative estimate of drug-likeness (QED) is 0.813. The van der Waals surface area contributed by atoms with Crippen LogP contribution >= 0.6 is 0 Å². The Hall–Kier alpha value is -1.88. The number of nitrogens with zero attached hydrogens (tertiary/aromatic N) is 2. The molecule has 1 aliphatic heterocycles. The van der Waals surface area contributed by atoms with E-state index in [4.69, 9.17) is 0 Å². The summed E-state index contributed by atoms with van der Waals surface area (Å²) in [6.45, 7) is 0. The molecule has 1 saturated heterocycles. The topological polar surface area (TPSA) is 67.2 Å². The Morgan fingerprint density at radius 1 is 1.50 bits per heavy atom. The number of para-hydroxylation sites is 1. The molecule has 3 rings (SSSR count). The van der Waals surface area contributed by atoms with Gasteiger partial charge in [0.25, 0.3) is 0 Å². The Labute approximate surface area is 104 Å². The third-order valence-electron chi connectivity index (χ3n) is 3.49. The van der Waals surface area contributed by atoms with Crippen molar-refractivity contribution in [3.05, 3.63) is 30.0 Å². The van der Waals surface area contributed by atoms with E-state index in [0.717, 1.165) is 16.6 Å². The van der Waals surface area contributed by atoms with Crippen LogP contribution in [0, 0.1) is 5.92 Å². The third-order valence-corrected chi connectivity index (χ3v) is 3.49. The Balaban J connectivity index is 1.93. The van der Waals surface area contributed by atoms with Crippen LogP contribution in [0.15, 0.2) is 24.3 Å². The number of aliphatic hydroxyl groups excluding tert-OH is 1. The third kappa shape index (κ3) is 1.76. The van der Waals surface area contributed by atoms with Gasteiger partial charge in [-0.05, 0) is 12.5 Å². The Morgan fingerprint density at radius 3 is 3.00 bits per heavy atom. The number of benzene rings is 1. The summed E-state index contributed by atoms with van der Waals surface area (Å²) in [4.78, 5) is 11.2. The molecule has 2 atom stereocenters. The number of fused-ring (bicyclic) bond motifs is 1. The molecule has 0 saturated carbocycles. The molecule has 1 amide bonds. The van der Waals surface area contributed by atoms with E-state index in [9.17, 15) is 9.90 Å². The van der Waals surface area contributed by atoms with Gasteiger partial charge >= 0.3 is 0 Å². The van der Waals surface area contributed by atoms with E-state index in [1.165, 1.54) is 0 Å². The maximum Gasteiger partial charge on any atom is 0.222 e. The number of aliphatic hydroxyl groups is 1. The van der Waals surface area contributed by atoms with Crippen molar-refractivity contribution < 1.29 is 9.90 Å². The number of rotatable bonds is 2. The number of amides is 1. The highest BCUT2D eigenvalue weighted by atomic mass is 16.3. The summed E-state index contributed by atoms with van der Waals surface area (Å²) >= 11 is 0. The first-order valence-corrected chi connectivity index (χ1v) is 6.03. The Bertz CT molecular complexity index is 605. The molecular weight excluding hydrogens is 230 g/mol. The van der Waals surface area contributed by atoms with Gasteiger partial charge in [0.1, 0.15) is 6.23 Å². The van der Waals surface area contributed by atoms with Crippen LogP contribution in [0.3, 0.4) is 0 Å². The average Bonchev–Trinajstić information content (AvgIpc) is 2.82. The molecule has 1 aromatic heterocycles. The fourth-order valence-electron chi connectivity index (χ4n) is 2.56. The van der Waals surface area contributed by atoms with Gasteiger partial charge in [-0.3, -0.25) is 9.48 Å². The lowest BCUT2D eigenvalue weighted by atomic mass is 9.99. The van der Waals surface area contributed by atoms with Gasteiger partial charge in [0.05, 0.1) is 11.2 Å². The highest BCUT2D eigenvalue weighted by molar-refractivity contribution is 5.82. The normalized spacial score (nSPS) is 23.6. The number of aromatic nitrogens is 2. The van der Waals surface area contributed by atoms with Gasteiger partial charge in [-0.2, -0.15) is 5.10 Å². The summed E-state index contributed by atoms with van der Waals surface area (Å²) in [6.07, 6.45) is 0.228. The number of hydrogen-bond acceptors (Lipinski definition) is 3. The highest BCUT2D eigenvalue weighted by Crippen LogP contribution is 2.24. The molecule has 18 heavy (non-hydrogen) atoms. The summed E-state index contributed by atoms with van der Waals surface area (Å²) in [5, 5.41) is 17.8. The number of hydrogen-bond donors (Lipinski definition) is 2. The standard InChI is InChI=1S/C13H15N3O2/c1-16-11-5-3-2-4-9(11)10(15-16)6-8-7-12(17)14-13(8)18/h2-5,8,13,18H,6-7H2,1H3,(H,14,17). The Morgan fingerprint density at radius 2 is 2.28 bits per heavy atom. The van der Waals surface area contributed by atoms with Crippen molar-refractivity contribution in [2.24, 2.45) is 13.0 Å². The lowest BCUT2D eigenvalue weighted by Gasteiger charge is -2.11. The van der Waals surface area contributed by atoms with Crippen LogP contribution in [0.5, 0.6) is 0 Å². The molecule has 0 bridgehead atoms. The van der Waals surface area contributed by atoms with Gasteiger partial charge in [0, 0.05) is 24.8 Å². The van der Waals surface area contributed by atoms with Gasteiger partial charge in [-0.15, -0.1) is 0 Å². The smallest absolute Gasteiger partial charge is 0.222 e. The zero-order valence-corrected chi connectivity index (χ0v) is 10.1. The fourth-order valence-corrected chi connectivity index (χ4v) is 2.56. The van der Waals surface area contributed by atoms with E-state index in [0.29, 0.717) is 12.8 Å². The summed E-state index contributed by atoms with van der Waals surface area (Å²) in [5.41, 5.74) is 2.01. The monoisotopic (exact) mass is 245 g/mol. The average molecular weight is 245 g/mol. The molecule has 94 valence electrons. The largest absolute Gasteiger partial charge is 0.373 e. The van der Waals surface area contributed by atoms with E-state index in [-0.39, 0.29) is 11.8 Å². The second kappa shape index (κ2) is 4.10. The van der Waals surface area contributed by atoms with Crippen molar-refractivity contribution in [3.8, 4) is 0 Å². The predicted octanol–water partition coefficient (Wildman–Crippen LogP) is 0.570. The van der Waals surface area contributed by atoms with Crippen LogP contribution in [0.25, 0.3) is 10.9 Å². The summed E-state index contributed by atoms with van der Waals surface area (Å²) in [6, 6.07) is 7.99. The van der Waals surface area contributed by atoms with E-state index in [2.05, 4.69) is 10.4 Å². The molecule has 1 aromatic carbocycles. The molecule has 2 aromatic rings. The van der Waals surface area contributed by atoms with Gasteiger partial charge in [0.2, 0.25) is 5.91 Å². The van der Waals surface area contributed by atoms with Crippen molar-refractivity contribution in [3.63, 3.8) is 0 Å². The maximum absolute atomic E-state index is 11.2. The lowest BCUT2D eigenvalue weighted by molar-refractivity contribution is -0.120. The predicted molar refractivity (Wildman–Crippen MR) is 66.7 cm³/mol. The minimum absolute atomic E-state index is 0.0872. The lowest BCUT2D eigenvalue weighted by Crippen LogP contribution is -2.29. The zero-order chi connectivity index (χ0) is 12.7. The van der Waals surface area contributed by atoms with Crippen LogP contribution < -0.4 is 5.32 Å². The van der Waals surface area contributed by atoms with E-state index >= 15 is 0 Å². The first kappa shape index (κ1) is 11.2. The van der Waals surface area contributed by atoms with Crippen molar-refractivity contribution in [1.29, 1.82) is 0 Å². The second-order valence-corrected chi connectivity index (χ2v) is 4.77. The summed E-state index contributed by atoms with van der Waals surface area (Å²) in [5.74, 6) is -0.177. The van der Waals surface area contributed by atoms with Gasteiger partial charge < -0.3 is 10.4 Å². The Kier molecular flexibility index (Phi) is 2.56. The van der Waals surface area contributed by atoms with Crippen molar-refractivity contribution in [1.82, 2.24) is 15.1 Å². The fraction of sp³-hybridized carbons (Fsp3) is 0.385. The van der Waals surface area contributed by atoms with Crippen molar-refractivity contribution in [2.45, 2.75) is 19.1 Å². The van der Waals surface area contributed by atoms with Crippen LogP contribution in [0.1, 0.15) is 12.1 Å². The molecule has 2 heterocycles. The molecule has 1 fully saturated rings. The zero-order valence-electron chi connectivity index (χ0n) is 10.1. The second-order valence-electron chi connectivity index (χ2n) is 4.77. The molecule has 0 aliphatic carbocycles. The van der Waals surface area contributed by atoms with Crippen LogP contribution in [-0.4, -0.2) is 27.0 Å². The highest BCUT2D eigenvalue weighted by Gasteiger charge is 2.31. The molecule has 5 nitrogen and oxygen atoms in total. The van der Waals surface area contributed by atoms with Gasteiger partial charge in [-0.1, -0.05) is 18.2 Å². The van der Waals surface area contributed by atoms with E-state index in [1.54, 1.807) is 0 Å². The first-order chi connectivity index (χ1) is 8.65. The molecule has 0 radical (unpaired) electrons. The van der Waals surface area contributed by atoms with Crippen molar-refractivity contribution >= 4 is 16.8 Å². The minimum Gasteiger partial charge on any atom is -0.373 e. The van der Waals surface area contributed by atoms with Gasteiger partial charge in [-0.25, -0.2) is 0 Å². The number of carbonyl (C=O) groups is 1. The number of aryl methyl sites for hydroxylation is 1. The van der Waals surface area contributed by atoms with Gasteiger partial charge in [0.15, 0.2) is 0 Å². The molecule has 2 N–H and O–H groups in total. The number of nitrogens with one attached hydrogen (secondary N) is 1. The number of carbonyl (C=O) groups excluding carboxylic acids is 1.